The summed E-state index contributed by atoms with van der Waals surface area (Å²) in [6.07, 6.45) is 0. The highest BCUT2D eigenvalue weighted by atomic mass is 127. The summed E-state index contributed by atoms with van der Waals surface area (Å²) in [5.41, 5.74) is -0.620. The number of fused-ring (bicyclic) bond motifs is 3. The number of alkyl halides is 3. The summed E-state index contributed by atoms with van der Waals surface area (Å²) in [5, 5.41) is 42.1. The van der Waals surface area contributed by atoms with E-state index in [1.165, 1.54) is 44.7 Å². The van der Waals surface area contributed by atoms with Gasteiger partial charge < -0.3 is 15.2 Å². The lowest BCUT2D eigenvalue weighted by molar-refractivity contribution is -0.176. The first-order chi connectivity index (χ1) is 40.0. The number of halogens is 12. The van der Waals surface area contributed by atoms with Gasteiger partial charge in [-0.1, -0.05) is 181 Å². The summed E-state index contributed by atoms with van der Waals surface area (Å²) in [6.45, 7) is 7.34. The Labute approximate surface area is 581 Å². The molecule has 1 aromatic heterocycles. The fraction of sp³-hybridized carbons (Fsp3) is 0.155. The molecule has 0 aliphatic carbocycles. The Balaban J connectivity index is 0.000000514. The smallest absolute Gasteiger partial charge is 0.481 e. The van der Waals surface area contributed by atoms with Crippen molar-refractivity contribution in [2.24, 2.45) is 0 Å². The Bertz CT molecular complexity index is 3680. The van der Waals surface area contributed by atoms with Crippen LogP contribution in [0.3, 0.4) is 0 Å². The highest BCUT2D eigenvalue weighted by molar-refractivity contribution is 14.1. The molecule has 28 heteroatoms. The first-order valence-electron chi connectivity index (χ1n) is 24.0. The molecular formula is C58H55BBr4Cl4F3IO10S5. The summed E-state index contributed by atoms with van der Waals surface area (Å²) in [7, 11) is -8.22. The summed E-state index contributed by atoms with van der Waals surface area (Å²) in [5.74, 6) is 1.99. The first-order valence-corrected chi connectivity index (χ1v) is 35.3. The third-order valence-corrected chi connectivity index (χ3v) is 19.3. The van der Waals surface area contributed by atoms with Crippen molar-refractivity contribution in [3.05, 3.63) is 205 Å². The van der Waals surface area contributed by atoms with Crippen LogP contribution in [0.2, 0.25) is 20.1 Å². The van der Waals surface area contributed by atoms with Gasteiger partial charge in [0, 0.05) is 89.1 Å². The van der Waals surface area contributed by atoms with E-state index >= 15 is 0 Å². The van der Waals surface area contributed by atoms with Crippen LogP contribution in [0.5, 0.6) is 0 Å². The number of hydrogen-bond acceptors (Lipinski definition) is 11. The maximum Gasteiger partial charge on any atom is 0.522 e. The second-order valence-corrected chi connectivity index (χ2v) is 29.5. The Kier molecular flexibility index (Phi) is 39.9. The van der Waals surface area contributed by atoms with Crippen molar-refractivity contribution in [2.45, 2.75) is 55.3 Å². The predicted octanol–water partition coefficient (Wildman–Crippen LogP) is 21.6. The zero-order valence-corrected chi connectivity index (χ0v) is 60.3. The van der Waals surface area contributed by atoms with Gasteiger partial charge in [-0.2, -0.15) is 21.6 Å². The van der Waals surface area contributed by atoms with Crippen LogP contribution >= 0.6 is 168 Å². The van der Waals surface area contributed by atoms with E-state index in [1.807, 2.05) is 97.2 Å². The number of carbonyl (C=O) groups is 1. The topological polar surface area (TPSA) is 190 Å². The minimum atomic E-state index is -5.84. The quantitative estimate of drug-likeness (QED) is 0.0153. The minimum absolute atomic E-state index is 0. The zero-order chi connectivity index (χ0) is 64.2. The number of hydrogen-bond donors (Lipinski definition) is 6. The van der Waals surface area contributed by atoms with Crippen LogP contribution in [0.4, 0.5) is 13.2 Å². The number of thioether (sulfide) groups is 2. The molecular weight excluding hydrogens is 1670 g/mol. The molecule has 86 heavy (non-hydrogen) atoms. The largest absolute Gasteiger partial charge is 0.522 e. The zero-order valence-electron chi connectivity index (χ0n) is 44.7. The third kappa shape index (κ3) is 29.8. The Morgan fingerprint density at radius 3 is 1.45 bits per heavy atom. The number of thiophene rings is 1. The van der Waals surface area contributed by atoms with Crippen molar-refractivity contribution in [3.8, 4) is 22.3 Å². The average molecular weight is 1730 g/mol. The van der Waals surface area contributed by atoms with Gasteiger partial charge in [-0.15, -0.1) is 34.9 Å². The lowest BCUT2D eigenvalue weighted by Crippen LogP contribution is -2.29. The van der Waals surface area contributed by atoms with Gasteiger partial charge in [0.05, 0.1) is 10.8 Å². The van der Waals surface area contributed by atoms with E-state index in [0.29, 0.717) is 21.3 Å². The number of carboxylic acid groups (broad SMARTS) is 1. The van der Waals surface area contributed by atoms with E-state index in [2.05, 4.69) is 173 Å². The third-order valence-electron chi connectivity index (χ3n) is 10.1. The first kappa shape index (κ1) is 81.7. The summed E-state index contributed by atoms with van der Waals surface area (Å²) in [6, 6.07) is 52.9. The van der Waals surface area contributed by atoms with E-state index in [1.54, 1.807) is 35.6 Å². The number of rotatable bonds is 9. The predicted molar refractivity (Wildman–Crippen MR) is 382 cm³/mol. The molecule has 0 bridgehead atoms. The molecule has 0 spiro atoms. The van der Waals surface area contributed by atoms with E-state index in [0.717, 1.165) is 62.4 Å². The van der Waals surface area contributed by atoms with Crippen LogP contribution in [0.15, 0.2) is 196 Å². The van der Waals surface area contributed by atoms with Crippen molar-refractivity contribution in [3.63, 3.8) is 0 Å². The van der Waals surface area contributed by atoms with Gasteiger partial charge in [-0.05, 0) is 183 Å². The molecule has 1 heterocycles. The van der Waals surface area contributed by atoms with Gasteiger partial charge in [-0.3, -0.25) is 24.1 Å². The van der Waals surface area contributed by atoms with Crippen molar-refractivity contribution in [2.75, 3.05) is 17.3 Å². The fourth-order valence-corrected chi connectivity index (χ4v) is 13.5. The monoisotopic (exact) mass is 1720 g/mol. The van der Waals surface area contributed by atoms with Crippen LogP contribution in [0.25, 0.3) is 42.4 Å². The van der Waals surface area contributed by atoms with Crippen LogP contribution < -0.4 is 5.46 Å². The lowest BCUT2D eigenvalue weighted by atomic mass is 9.81. The van der Waals surface area contributed by atoms with E-state index < -0.39 is 39.5 Å². The second kappa shape index (κ2) is 42.0. The van der Waals surface area contributed by atoms with E-state index in [4.69, 9.17) is 89.8 Å². The molecule has 0 radical (unpaired) electrons. The molecule has 9 aromatic rings. The molecule has 0 aliphatic heterocycles. The van der Waals surface area contributed by atoms with Crippen molar-refractivity contribution in [1.82, 2.24) is 0 Å². The summed E-state index contributed by atoms with van der Waals surface area (Å²) >= 11 is 45.1. The fourth-order valence-electron chi connectivity index (χ4n) is 6.46. The Morgan fingerprint density at radius 2 is 1.00 bits per heavy atom. The van der Waals surface area contributed by atoms with Crippen LogP contribution in [-0.2, 0) is 25.7 Å². The molecule has 9 rings (SSSR count). The molecule has 464 valence electrons. The second-order valence-electron chi connectivity index (χ2n) is 16.1. The normalized spacial score (nSPS) is 10.7. The van der Waals surface area contributed by atoms with Crippen LogP contribution in [0, 0.1) is 3.57 Å². The van der Waals surface area contributed by atoms with Crippen molar-refractivity contribution < 1.29 is 60.8 Å². The molecule has 0 aliphatic rings. The van der Waals surface area contributed by atoms with Gasteiger partial charge in [0.25, 0.3) is 5.97 Å². The Morgan fingerprint density at radius 1 is 0.605 bits per heavy atom. The van der Waals surface area contributed by atoms with E-state index in [-0.39, 0.29) is 7.43 Å². The molecule has 1 unspecified atom stereocenters. The molecule has 8 aromatic carbocycles. The van der Waals surface area contributed by atoms with Crippen molar-refractivity contribution in [1.29, 1.82) is 0 Å². The SMILES string of the molecule is C.CC(=O)O.CCS(=O)c1ccc(Br)cc1-c1ccc(Cl)cc1.CCSc1ccc(Br)cc1-c1ccc(Cl)cc1.CCSc1ccc(Br)cc1I.Clc1ccc2c(c1)sc1ccc(Br)cc12.O=S(=O)(O)C(F)(F)F.OB(O)c1ccc(Cl)cc1.OO. The molecule has 0 fully saturated rings. The number of aliphatic carboxylic acids is 1. The molecule has 1 atom stereocenters. The highest BCUT2D eigenvalue weighted by Gasteiger charge is 2.44. The minimum Gasteiger partial charge on any atom is -0.481 e. The molecule has 0 saturated heterocycles. The van der Waals surface area contributed by atoms with Gasteiger partial charge in [0.15, 0.2) is 0 Å². The summed E-state index contributed by atoms with van der Waals surface area (Å²) < 4.78 is 77.8. The van der Waals surface area contributed by atoms with Gasteiger partial charge >= 0.3 is 22.7 Å². The molecule has 6 N–H and O–H groups in total. The van der Waals surface area contributed by atoms with Crippen LogP contribution in [-0.4, -0.2) is 78.7 Å². The van der Waals surface area contributed by atoms with Crippen molar-refractivity contribution >= 4 is 227 Å². The maximum absolute atomic E-state index is 12.1. The highest BCUT2D eigenvalue weighted by Crippen LogP contribution is 2.38. The summed E-state index contributed by atoms with van der Waals surface area (Å²) in [4.78, 5) is 12.5. The maximum atomic E-state index is 12.1. The van der Waals surface area contributed by atoms with E-state index in [9.17, 15) is 17.4 Å². The number of benzene rings is 8. The standard InChI is InChI=1S/C14H12BrClOS.C14H12BrClS.C12H6BrClS.C8H8BrIS.C6H6BClO2.C2H4O2.CHF3O3S.CH4.H2O2/c1-2-18(17)14-8-5-11(15)9-13(14)10-3-6-12(16)7-4-10;1-2-17-14-8-5-11(15)9-13(14)10-3-6-12(16)7-4-10;13-7-1-4-11-10(5-7)9-3-2-8(14)6-12(9)15-11;1-2-11-8-4-3-6(9)5-7(8)10;8-6-3-1-5(2-4-6)7(9)10;1-2(3)4;2-1(3,4)8(5,6)7;;1-2/h3-9H,2H2,1H3;3-9H,2H2,1H3;1-6H;3-5H,2H2,1H3;1-4,9-10H;1H3,(H,3,4);(H,5,6,7);1H4;1-2H. The average Bonchev–Trinajstić information content (AvgIpc) is 3.24. The Hall–Kier alpha value is -2.29. The van der Waals surface area contributed by atoms with Gasteiger partial charge in [0.2, 0.25) is 0 Å². The van der Waals surface area contributed by atoms with Gasteiger partial charge in [0.1, 0.15) is 0 Å². The molecule has 10 nitrogen and oxygen atoms in total. The molecule has 0 amide bonds. The number of carboxylic acids is 1. The van der Waals surface area contributed by atoms with Crippen LogP contribution in [0.1, 0.15) is 35.1 Å². The molecule has 0 saturated carbocycles. The lowest BCUT2D eigenvalue weighted by Gasteiger charge is -2.09. The van der Waals surface area contributed by atoms with Gasteiger partial charge in [-0.25, -0.2) is 0 Å².